The molecule has 134 valence electrons. The number of thiophene rings is 1. The fraction of sp³-hybridized carbons (Fsp3) is 0.235. The lowest BCUT2D eigenvalue weighted by Crippen LogP contribution is -2.23. The zero-order valence-corrected chi connectivity index (χ0v) is 15.4. The molecule has 1 amide bonds. The Balaban J connectivity index is 1.95. The van der Waals surface area contributed by atoms with Gasteiger partial charge in [0.1, 0.15) is 10.6 Å². The van der Waals surface area contributed by atoms with Gasteiger partial charge >= 0.3 is 0 Å². The summed E-state index contributed by atoms with van der Waals surface area (Å²) in [5.41, 5.74) is 0.745. The molecule has 0 aliphatic rings. The molecule has 25 heavy (non-hydrogen) atoms. The quantitative estimate of drug-likeness (QED) is 0.686. The summed E-state index contributed by atoms with van der Waals surface area (Å²) in [4.78, 5) is 12.7. The molecule has 0 spiro atoms. The van der Waals surface area contributed by atoms with E-state index in [1.165, 1.54) is 12.1 Å². The Bertz CT molecular complexity index is 844. The molecule has 0 fully saturated rings. The minimum absolute atomic E-state index is 0.0456. The van der Waals surface area contributed by atoms with Crippen LogP contribution in [0.3, 0.4) is 0 Å². The molecule has 3 N–H and O–H groups in total. The summed E-state index contributed by atoms with van der Waals surface area (Å²) in [5, 5.41) is 9.93. The van der Waals surface area contributed by atoms with Gasteiger partial charge in [0.25, 0.3) is 0 Å². The Kier molecular flexibility index (Phi) is 6.74. The van der Waals surface area contributed by atoms with Crippen molar-refractivity contribution in [2.45, 2.75) is 18.2 Å². The van der Waals surface area contributed by atoms with Crippen LogP contribution in [0.1, 0.15) is 17.4 Å². The zero-order valence-electron chi connectivity index (χ0n) is 13.8. The van der Waals surface area contributed by atoms with E-state index < -0.39 is 10.0 Å². The Morgan fingerprint density at radius 2 is 2.16 bits per heavy atom. The van der Waals surface area contributed by atoms with E-state index in [0.717, 1.165) is 10.4 Å². The Hall–Kier alpha value is -2.16. The summed E-state index contributed by atoms with van der Waals surface area (Å²) in [6, 6.07) is 8.65. The number of nitrogens with one attached hydrogen (secondary N) is 1. The number of hydrogen-bond donors (Lipinski definition) is 2. The second kappa shape index (κ2) is 8.80. The van der Waals surface area contributed by atoms with Gasteiger partial charge in [-0.2, -0.15) is 0 Å². The highest BCUT2D eigenvalue weighted by Crippen LogP contribution is 2.24. The molecule has 0 atom stereocenters. The van der Waals surface area contributed by atoms with Crippen molar-refractivity contribution in [1.29, 1.82) is 0 Å². The maximum Gasteiger partial charge on any atom is 0.244 e. The van der Waals surface area contributed by atoms with E-state index in [-0.39, 0.29) is 16.6 Å². The number of carbonyl (C=O) groups excluding carboxylic acids is 1. The molecule has 0 radical (unpaired) electrons. The van der Waals surface area contributed by atoms with E-state index in [4.69, 9.17) is 9.88 Å². The summed E-state index contributed by atoms with van der Waals surface area (Å²) < 4.78 is 28.7. The number of rotatable bonds is 8. The topological polar surface area (TPSA) is 98.5 Å². The second-order valence-corrected chi connectivity index (χ2v) is 7.66. The highest BCUT2D eigenvalue weighted by Gasteiger charge is 2.15. The van der Waals surface area contributed by atoms with Crippen LogP contribution in [-0.2, 0) is 21.2 Å². The molecule has 0 bridgehead atoms. The van der Waals surface area contributed by atoms with Gasteiger partial charge in [-0.1, -0.05) is 12.1 Å². The smallest absolute Gasteiger partial charge is 0.244 e. The number of amides is 1. The lowest BCUT2D eigenvalue weighted by Gasteiger charge is -2.11. The summed E-state index contributed by atoms with van der Waals surface area (Å²) in [7, 11) is -3.88. The van der Waals surface area contributed by atoms with Gasteiger partial charge in [0.05, 0.1) is 6.61 Å². The minimum Gasteiger partial charge on any atom is -0.492 e. The van der Waals surface area contributed by atoms with Crippen molar-refractivity contribution in [3.05, 3.63) is 52.2 Å². The van der Waals surface area contributed by atoms with Crippen LogP contribution >= 0.6 is 11.3 Å². The van der Waals surface area contributed by atoms with Gasteiger partial charge in [-0.05, 0) is 48.6 Å². The normalized spacial score (nSPS) is 11.6. The van der Waals surface area contributed by atoms with E-state index in [1.807, 2.05) is 17.5 Å². The first-order valence-corrected chi connectivity index (χ1v) is 10.1. The minimum atomic E-state index is -3.88. The molecule has 2 aromatic rings. The maximum atomic E-state index is 11.8. The average molecular weight is 380 g/mol. The van der Waals surface area contributed by atoms with Gasteiger partial charge in [-0.25, -0.2) is 13.6 Å². The standard InChI is InChI=1S/C17H20N2O4S2/c1-2-23-15-7-5-13(12-16(15)25(18,21)22)9-10-19-17(20)8-6-14-4-3-11-24-14/h3-8,11-12H,2,9-10H2,1H3,(H,19,20)(H2,18,21,22)/b8-6+. The van der Waals surface area contributed by atoms with Crippen LogP contribution in [0, 0.1) is 0 Å². The van der Waals surface area contributed by atoms with Crippen LogP contribution in [-0.4, -0.2) is 27.5 Å². The van der Waals surface area contributed by atoms with Crippen LogP contribution in [0.15, 0.2) is 46.7 Å². The van der Waals surface area contributed by atoms with Crippen LogP contribution in [0.2, 0.25) is 0 Å². The van der Waals surface area contributed by atoms with Crippen LogP contribution < -0.4 is 15.2 Å². The number of benzene rings is 1. The third kappa shape index (κ3) is 6.00. The SMILES string of the molecule is CCOc1ccc(CCNC(=O)/C=C/c2cccs2)cc1S(N)(=O)=O. The van der Waals surface area contributed by atoms with Gasteiger partial charge in [0, 0.05) is 17.5 Å². The number of primary sulfonamides is 1. The number of hydrogen-bond acceptors (Lipinski definition) is 5. The molecule has 1 heterocycles. The van der Waals surface area contributed by atoms with Crippen molar-refractivity contribution in [1.82, 2.24) is 5.32 Å². The fourth-order valence-corrected chi connectivity index (χ4v) is 3.48. The summed E-state index contributed by atoms with van der Waals surface area (Å²) >= 11 is 1.55. The monoisotopic (exact) mass is 380 g/mol. The number of nitrogens with two attached hydrogens (primary N) is 1. The van der Waals surface area contributed by atoms with Crippen molar-refractivity contribution >= 4 is 33.3 Å². The van der Waals surface area contributed by atoms with Crippen LogP contribution in [0.25, 0.3) is 6.08 Å². The number of ether oxygens (including phenoxy) is 1. The molecule has 0 aliphatic heterocycles. The average Bonchev–Trinajstić information content (AvgIpc) is 3.07. The van der Waals surface area contributed by atoms with Gasteiger partial charge < -0.3 is 10.1 Å². The summed E-state index contributed by atoms with van der Waals surface area (Å²) in [6.07, 6.45) is 3.70. The van der Waals surface area contributed by atoms with Gasteiger partial charge in [0.2, 0.25) is 15.9 Å². The van der Waals surface area contributed by atoms with Crippen molar-refractivity contribution in [2.24, 2.45) is 5.14 Å². The molecule has 1 aromatic heterocycles. The summed E-state index contributed by atoms with van der Waals surface area (Å²) in [6.45, 7) is 2.49. The highest BCUT2D eigenvalue weighted by molar-refractivity contribution is 7.89. The number of sulfonamides is 1. The number of carbonyl (C=O) groups is 1. The Labute approximate surface area is 151 Å². The third-order valence-corrected chi connectivity index (χ3v) is 5.04. The molecule has 0 unspecified atom stereocenters. The molecule has 6 nitrogen and oxygen atoms in total. The molecule has 0 saturated heterocycles. The Morgan fingerprint density at radius 3 is 2.80 bits per heavy atom. The Morgan fingerprint density at radius 1 is 1.36 bits per heavy atom. The van der Waals surface area contributed by atoms with E-state index >= 15 is 0 Å². The predicted octanol–water partition coefficient (Wildman–Crippen LogP) is 2.17. The molecule has 8 heteroatoms. The molecule has 0 aliphatic carbocycles. The van der Waals surface area contributed by atoms with Gasteiger partial charge in [0.15, 0.2) is 0 Å². The molecule has 1 aromatic carbocycles. The first-order valence-electron chi connectivity index (χ1n) is 7.68. The molecular weight excluding hydrogens is 360 g/mol. The van der Waals surface area contributed by atoms with Crippen molar-refractivity contribution in [3.63, 3.8) is 0 Å². The van der Waals surface area contributed by atoms with Crippen molar-refractivity contribution in [2.75, 3.05) is 13.2 Å². The van der Waals surface area contributed by atoms with E-state index in [9.17, 15) is 13.2 Å². The van der Waals surface area contributed by atoms with Crippen molar-refractivity contribution in [3.8, 4) is 5.75 Å². The third-order valence-electron chi connectivity index (χ3n) is 3.27. The first kappa shape index (κ1) is 19.2. The fourth-order valence-electron chi connectivity index (χ4n) is 2.14. The highest BCUT2D eigenvalue weighted by atomic mass is 32.2. The zero-order chi connectivity index (χ0) is 18.3. The summed E-state index contributed by atoms with van der Waals surface area (Å²) in [5.74, 6) is 0.0303. The molecular formula is C17H20N2O4S2. The lowest BCUT2D eigenvalue weighted by molar-refractivity contribution is -0.116. The predicted molar refractivity (Wildman–Crippen MR) is 99.1 cm³/mol. The molecule has 0 saturated carbocycles. The van der Waals surface area contributed by atoms with E-state index in [0.29, 0.717) is 19.6 Å². The molecule has 2 rings (SSSR count). The van der Waals surface area contributed by atoms with Crippen LogP contribution in [0.4, 0.5) is 0 Å². The van der Waals surface area contributed by atoms with E-state index in [1.54, 1.807) is 36.5 Å². The van der Waals surface area contributed by atoms with Gasteiger partial charge in [-0.3, -0.25) is 4.79 Å². The van der Waals surface area contributed by atoms with Crippen LogP contribution in [0.5, 0.6) is 5.75 Å². The van der Waals surface area contributed by atoms with Gasteiger partial charge in [-0.15, -0.1) is 11.3 Å². The maximum absolute atomic E-state index is 11.8. The lowest BCUT2D eigenvalue weighted by atomic mass is 10.1. The largest absolute Gasteiger partial charge is 0.492 e. The second-order valence-electron chi connectivity index (χ2n) is 5.15. The van der Waals surface area contributed by atoms with E-state index in [2.05, 4.69) is 5.32 Å². The first-order chi connectivity index (χ1) is 11.9. The van der Waals surface area contributed by atoms with Crippen molar-refractivity contribution < 1.29 is 17.9 Å².